The summed E-state index contributed by atoms with van der Waals surface area (Å²) in [4.78, 5) is 36.9. The number of anilines is 1. The van der Waals surface area contributed by atoms with Crippen LogP contribution in [0.5, 0.6) is 0 Å². The molecule has 2 aromatic rings. The number of carbonyl (C=O) groups is 3. The summed E-state index contributed by atoms with van der Waals surface area (Å²) in [6.07, 6.45) is -0.889. The molecule has 122 valence electrons. The third kappa shape index (κ3) is 3.49. The van der Waals surface area contributed by atoms with Gasteiger partial charge >= 0.3 is 5.97 Å². The van der Waals surface area contributed by atoms with E-state index in [4.69, 9.17) is 4.74 Å². The fourth-order valence-electron chi connectivity index (χ4n) is 2.33. The summed E-state index contributed by atoms with van der Waals surface area (Å²) in [6.45, 7) is 1.54. The number of esters is 1. The molecule has 1 amide bonds. The predicted molar refractivity (Wildman–Crippen MR) is 91.4 cm³/mol. The zero-order valence-electron chi connectivity index (χ0n) is 12.9. The number of benzene rings is 2. The van der Waals surface area contributed by atoms with E-state index < -0.39 is 12.1 Å². The van der Waals surface area contributed by atoms with E-state index in [9.17, 15) is 14.4 Å². The lowest BCUT2D eigenvalue weighted by Crippen LogP contribution is -2.25. The fourth-order valence-corrected chi connectivity index (χ4v) is 3.12. The lowest BCUT2D eigenvalue weighted by Gasteiger charge is -2.17. The maximum Gasteiger partial charge on any atom is 0.338 e. The van der Waals surface area contributed by atoms with Gasteiger partial charge in [-0.25, -0.2) is 4.79 Å². The van der Waals surface area contributed by atoms with Gasteiger partial charge in [0.2, 0.25) is 11.7 Å². The van der Waals surface area contributed by atoms with Crippen LogP contribution in [0, 0.1) is 0 Å². The van der Waals surface area contributed by atoms with Crippen molar-refractivity contribution in [2.75, 3.05) is 11.1 Å². The molecule has 2 aromatic carbocycles. The molecule has 1 atom stereocenters. The maximum absolute atomic E-state index is 12.3. The van der Waals surface area contributed by atoms with Crippen LogP contribution >= 0.6 is 11.8 Å². The average molecular weight is 341 g/mol. The number of Topliss-reactive ketones (excluding diaryl/α,β-unsaturated/α-hetero) is 1. The van der Waals surface area contributed by atoms with Gasteiger partial charge < -0.3 is 10.1 Å². The minimum atomic E-state index is -0.889. The highest BCUT2D eigenvalue weighted by atomic mass is 32.2. The predicted octanol–water partition coefficient (Wildman–Crippen LogP) is 3.16. The molecule has 1 aliphatic rings. The minimum Gasteiger partial charge on any atom is -0.451 e. The van der Waals surface area contributed by atoms with Gasteiger partial charge in [-0.15, -0.1) is 11.8 Å². The van der Waals surface area contributed by atoms with Gasteiger partial charge in [-0.3, -0.25) is 9.59 Å². The van der Waals surface area contributed by atoms with Gasteiger partial charge in [0.1, 0.15) is 0 Å². The first kappa shape index (κ1) is 16.3. The number of nitrogens with one attached hydrogen (secondary N) is 1. The number of amides is 1. The summed E-state index contributed by atoms with van der Waals surface area (Å²) < 4.78 is 5.26. The molecule has 1 heterocycles. The van der Waals surface area contributed by atoms with Crippen LogP contribution in [-0.2, 0) is 9.53 Å². The Kier molecular flexibility index (Phi) is 4.66. The van der Waals surface area contributed by atoms with Crippen LogP contribution in [-0.4, -0.2) is 29.5 Å². The Morgan fingerprint density at radius 1 is 1.12 bits per heavy atom. The molecule has 0 saturated heterocycles. The van der Waals surface area contributed by atoms with Crippen molar-refractivity contribution in [2.24, 2.45) is 0 Å². The highest BCUT2D eigenvalue weighted by molar-refractivity contribution is 8.00. The van der Waals surface area contributed by atoms with Crippen molar-refractivity contribution < 1.29 is 19.1 Å². The highest BCUT2D eigenvalue weighted by Crippen LogP contribution is 2.32. The van der Waals surface area contributed by atoms with Gasteiger partial charge in [0.05, 0.1) is 17.0 Å². The fraction of sp³-hybridized carbons (Fsp3) is 0.167. The van der Waals surface area contributed by atoms with Crippen LogP contribution in [0.2, 0.25) is 0 Å². The van der Waals surface area contributed by atoms with Crippen molar-refractivity contribution in [2.45, 2.75) is 17.9 Å². The van der Waals surface area contributed by atoms with Crippen molar-refractivity contribution in [1.29, 1.82) is 0 Å². The number of thioether (sulfide) groups is 1. The molecular weight excluding hydrogens is 326 g/mol. The lowest BCUT2D eigenvalue weighted by molar-refractivity contribution is -0.113. The molecule has 0 unspecified atom stereocenters. The number of ether oxygens (including phenoxy) is 1. The molecule has 6 heteroatoms. The molecule has 3 rings (SSSR count). The van der Waals surface area contributed by atoms with Crippen molar-refractivity contribution in [3.63, 3.8) is 0 Å². The molecular formula is C18H15NO4S. The molecule has 0 radical (unpaired) electrons. The van der Waals surface area contributed by atoms with Gasteiger partial charge in [0.15, 0.2) is 6.10 Å². The van der Waals surface area contributed by atoms with Crippen molar-refractivity contribution >= 4 is 35.1 Å². The first-order chi connectivity index (χ1) is 11.5. The smallest absolute Gasteiger partial charge is 0.338 e. The molecule has 24 heavy (non-hydrogen) atoms. The van der Waals surface area contributed by atoms with Crippen LogP contribution in [0.4, 0.5) is 5.69 Å². The largest absolute Gasteiger partial charge is 0.451 e. The third-order valence-electron chi connectivity index (χ3n) is 3.56. The van der Waals surface area contributed by atoms with Gasteiger partial charge in [0, 0.05) is 10.5 Å². The Morgan fingerprint density at radius 3 is 2.62 bits per heavy atom. The third-order valence-corrected chi connectivity index (χ3v) is 4.63. The van der Waals surface area contributed by atoms with E-state index in [1.807, 2.05) is 6.07 Å². The van der Waals surface area contributed by atoms with Crippen molar-refractivity contribution in [3.05, 3.63) is 59.7 Å². The highest BCUT2D eigenvalue weighted by Gasteiger charge is 2.22. The number of hydrogen-bond acceptors (Lipinski definition) is 5. The van der Waals surface area contributed by atoms with E-state index in [0.717, 1.165) is 4.90 Å². The standard InChI is InChI=1S/C18H15NO4S/c1-11(17(21)12-5-3-2-4-6-12)23-18(22)13-7-8-15-14(9-13)19-16(20)10-24-15/h2-9,11H,10H2,1H3,(H,19,20)/t11-/m1/s1. The van der Waals surface area contributed by atoms with E-state index in [-0.39, 0.29) is 11.7 Å². The second-order valence-corrected chi connectivity index (χ2v) is 6.34. The van der Waals surface area contributed by atoms with Gasteiger partial charge in [0.25, 0.3) is 0 Å². The van der Waals surface area contributed by atoms with E-state index in [2.05, 4.69) is 5.32 Å². The number of ketones is 1. The summed E-state index contributed by atoms with van der Waals surface area (Å²) in [7, 11) is 0. The Hall–Kier alpha value is -2.60. The maximum atomic E-state index is 12.3. The van der Waals surface area contributed by atoms with Crippen LogP contribution in [0.15, 0.2) is 53.4 Å². The van der Waals surface area contributed by atoms with Gasteiger partial charge in [-0.2, -0.15) is 0 Å². The van der Waals surface area contributed by atoms with E-state index >= 15 is 0 Å². The van der Waals surface area contributed by atoms with Crippen LogP contribution < -0.4 is 5.32 Å². The molecule has 0 spiro atoms. The summed E-state index contributed by atoms with van der Waals surface area (Å²) in [5, 5.41) is 2.72. The van der Waals surface area contributed by atoms with E-state index in [1.54, 1.807) is 49.4 Å². The van der Waals surface area contributed by atoms with Crippen LogP contribution in [0.25, 0.3) is 0 Å². The Labute approximate surface area is 143 Å². The Bertz CT molecular complexity index is 804. The molecule has 0 aromatic heterocycles. The molecule has 0 aliphatic carbocycles. The average Bonchev–Trinajstić information content (AvgIpc) is 2.61. The molecule has 0 saturated carbocycles. The summed E-state index contributed by atoms with van der Waals surface area (Å²) >= 11 is 1.42. The van der Waals surface area contributed by atoms with E-state index in [0.29, 0.717) is 22.6 Å². The summed E-state index contributed by atoms with van der Waals surface area (Å²) in [5.74, 6) is -0.602. The molecule has 5 nitrogen and oxygen atoms in total. The Morgan fingerprint density at radius 2 is 1.88 bits per heavy atom. The van der Waals surface area contributed by atoms with Gasteiger partial charge in [-0.1, -0.05) is 30.3 Å². The molecule has 1 aliphatic heterocycles. The number of hydrogen-bond donors (Lipinski definition) is 1. The van der Waals surface area contributed by atoms with Crippen molar-refractivity contribution in [3.8, 4) is 0 Å². The van der Waals surface area contributed by atoms with Crippen molar-refractivity contribution in [1.82, 2.24) is 0 Å². The number of fused-ring (bicyclic) bond motifs is 1. The second kappa shape index (κ2) is 6.88. The summed E-state index contributed by atoms with van der Waals surface area (Å²) in [5.41, 5.74) is 1.38. The zero-order chi connectivity index (χ0) is 17.1. The Balaban J connectivity index is 1.72. The van der Waals surface area contributed by atoms with Crippen LogP contribution in [0.3, 0.4) is 0 Å². The first-order valence-electron chi connectivity index (χ1n) is 7.41. The number of carbonyl (C=O) groups excluding carboxylic acids is 3. The monoisotopic (exact) mass is 341 g/mol. The molecule has 0 bridgehead atoms. The topological polar surface area (TPSA) is 72.5 Å². The molecule has 1 N–H and O–H groups in total. The molecule has 0 fully saturated rings. The number of rotatable bonds is 4. The lowest BCUT2D eigenvalue weighted by atomic mass is 10.1. The second-order valence-electron chi connectivity index (χ2n) is 5.33. The zero-order valence-corrected chi connectivity index (χ0v) is 13.8. The van der Waals surface area contributed by atoms with Crippen LogP contribution in [0.1, 0.15) is 27.6 Å². The first-order valence-corrected chi connectivity index (χ1v) is 8.40. The minimum absolute atomic E-state index is 0.106. The quantitative estimate of drug-likeness (QED) is 0.683. The van der Waals surface area contributed by atoms with Gasteiger partial charge in [-0.05, 0) is 25.1 Å². The summed E-state index contributed by atoms with van der Waals surface area (Å²) in [6, 6.07) is 13.6. The SMILES string of the molecule is C[C@@H](OC(=O)c1ccc2c(c1)NC(=O)CS2)C(=O)c1ccccc1. The van der Waals surface area contributed by atoms with E-state index in [1.165, 1.54) is 11.8 Å². The normalized spacial score (nSPS) is 14.3.